The Balaban J connectivity index is 2.14. The van der Waals surface area contributed by atoms with E-state index in [9.17, 15) is 4.79 Å². The van der Waals surface area contributed by atoms with E-state index in [4.69, 9.17) is 5.73 Å². The number of ketones is 1. The van der Waals surface area contributed by atoms with Gasteiger partial charge in [-0.25, -0.2) is 0 Å². The van der Waals surface area contributed by atoms with Gasteiger partial charge in [-0.3, -0.25) is 9.48 Å². The lowest BCUT2D eigenvalue weighted by Gasteiger charge is -2.02. The van der Waals surface area contributed by atoms with Crippen molar-refractivity contribution in [2.45, 2.75) is 19.9 Å². The van der Waals surface area contributed by atoms with Gasteiger partial charge in [-0.05, 0) is 24.6 Å². The van der Waals surface area contributed by atoms with E-state index in [-0.39, 0.29) is 5.78 Å². The zero-order chi connectivity index (χ0) is 12.3. The van der Waals surface area contributed by atoms with Gasteiger partial charge < -0.3 is 5.73 Å². The van der Waals surface area contributed by atoms with Gasteiger partial charge in [0.25, 0.3) is 0 Å². The van der Waals surface area contributed by atoms with E-state index in [0.29, 0.717) is 17.7 Å². The first-order valence-corrected chi connectivity index (χ1v) is 5.59. The Morgan fingerprint density at radius 3 is 2.82 bits per heavy atom. The summed E-state index contributed by atoms with van der Waals surface area (Å²) < 4.78 is 1.80. The van der Waals surface area contributed by atoms with Gasteiger partial charge in [0.15, 0.2) is 5.78 Å². The van der Waals surface area contributed by atoms with Crippen LogP contribution >= 0.6 is 0 Å². The van der Waals surface area contributed by atoms with E-state index in [1.165, 1.54) is 0 Å². The molecule has 2 rings (SSSR count). The Labute approximate surface area is 100 Å². The number of hydrogen-bond donors (Lipinski definition) is 1. The summed E-state index contributed by atoms with van der Waals surface area (Å²) in [5.41, 5.74) is 7.79. The molecule has 0 bridgehead atoms. The third kappa shape index (κ3) is 2.53. The number of nitrogens with two attached hydrogens (primary N) is 1. The highest BCUT2D eigenvalue weighted by Gasteiger charge is 2.10. The zero-order valence-corrected chi connectivity index (χ0v) is 9.76. The first-order chi connectivity index (χ1) is 8.20. The largest absolute Gasteiger partial charge is 0.398 e. The van der Waals surface area contributed by atoms with Gasteiger partial charge in [0, 0.05) is 30.4 Å². The summed E-state index contributed by atoms with van der Waals surface area (Å²) in [6, 6.07) is 7.13. The summed E-state index contributed by atoms with van der Waals surface area (Å²) in [6.07, 6.45) is 3.95. The number of anilines is 1. The Morgan fingerprint density at radius 1 is 1.41 bits per heavy atom. The molecular weight excluding hydrogens is 214 g/mol. The predicted molar refractivity (Wildman–Crippen MR) is 66.8 cm³/mol. The second-order valence-electron chi connectivity index (χ2n) is 3.89. The lowest BCUT2D eigenvalue weighted by atomic mass is 10.0. The summed E-state index contributed by atoms with van der Waals surface area (Å²) in [7, 11) is 0. The van der Waals surface area contributed by atoms with Crippen LogP contribution in [-0.4, -0.2) is 15.6 Å². The smallest absolute Gasteiger partial charge is 0.169 e. The zero-order valence-electron chi connectivity index (χ0n) is 9.76. The van der Waals surface area contributed by atoms with Gasteiger partial charge in [0.1, 0.15) is 0 Å². The predicted octanol–water partition coefficient (Wildman–Crippen LogP) is 1.91. The van der Waals surface area contributed by atoms with Crippen molar-refractivity contribution < 1.29 is 4.79 Å². The van der Waals surface area contributed by atoms with Crippen LogP contribution in [0.5, 0.6) is 0 Å². The van der Waals surface area contributed by atoms with Crippen molar-refractivity contribution in [1.29, 1.82) is 0 Å². The number of carbonyl (C=O) groups is 1. The third-order valence-electron chi connectivity index (χ3n) is 2.64. The number of nitrogen functional groups attached to an aromatic ring is 1. The number of benzene rings is 1. The molecule has 0 unspecified atom stereocenters. The van der Waals surface area contributed by atoms with E-state index in [0.717, 1.165) is 12.1 Å². The van der Waals surface area contributed by atoms with E-state index in [1.54, 1.807) is 23.0 Å². The normalized spacial score (nSPS) is 10.4. The number of Topliss-reactive ketones (excluding diaryl/α,β-unsaturated/α-hetero) is 1. The number of para-hydroxylation sites is 1. The Hall–Kier alpha value is -2.10. The molecule has 0 amide bonds. The fraction of sp³-hybridized carbons (Fsp3) is 0.231. The fourth-order valence-corrected chi connectivity index (χ4v) is 1.70. The van der Waals surface area contributed by atoms with Gasteiger partial charge in [0.2, 0.25) is 0 Å². The molecule has 0 saturated carbocycles. The number of aromatic nitrogens is 2. The number of rotatable bonds is 4. The van der Waals surface area contributed by atoms with Crippen LogP contribution in [0.2, 0.25) is 0 Å². The van der Waals surface area contributed by atoms with Crippen molar-refractivity contribution in [2.24, 2.45) is 0 Å². The Bertz CT molecular complexity index is 531. The quantitative estimate of drug-likeness (QED) is 0.643. The molecule has 2 aromatic rings. The number of carbonyl (C=O) groups excluding carboxylic acids is 1. The van der Waals surface area contributed by atoms with Crippen LogP contribution in [0.3, 0.4) is 0 Å². The molecule has 4 nitrogen and oxygen atoms in total. The molecule has 1 heterocycles. The molecule has 1 aromatic carbocycles. The average Bonchev–Trinajstić information content (AvgIpc) is 2.77. The van der Waals surface area contributed by atoms with Crippen molar-refractivity contribution >= 4 is 11.5 Å². The van der Waals surface area contributed by atoms with Crippen LogP contribution < -0.4 is 5.73 Å². The molecule has 0 spiro atoms. The molecule has 88 valence electrons. The van der Waals surface area contributed by atoms with Gasteiger partial charge in [-0.1, -0.05) is 12.1 Å². The first kappa shape index (κ1) is 11.4. The van der Waals surface area contributed by atoms with Crippen molar-refractivity contribution in [3.8, 4) is 0 Å². The number of aryl methyl sites for hydroxylation is 1. The monoisotopic (exact) mass is 229 g/mol. The summed E-state index contributed by atoms with van der Waals surface area (Å²) >= 11 is 0. The van der Waals surface area contributed by atoms with E-state index < -0.39 is 0 Å². The molecule has 0 radical (unpaired) electrons. The standard InChI is InChI=1S/C13H15N3O/c1-2-16-9-10(8-15-16)7-13(17)11-5-3-4-6-12(11)14/h3-6,8-9H,2,7,14H2,1H3. The topological polar surface area (TPSA) is 60.9 Å². The first-order valence-electron chi connectivity index (χ1n) is 5.59. The van der Waals surface area contributed by atoms with Gasteiger partial charge >= 0.3 is 0 Å². The van der Waals surface area contributed by atoms with Crippen LogP contribution in [0, 0.1) is 0 Å². The molecule has 0 fully saturated rings. The molecule has 0 atom stereocenters. The van der Waals surface area contributed by atoms with Crippen LogP contribution in [-0.2, 0) is 13.0 Å². The average molecular weight is 229 g/mol. The summed E-state index contributed by atoms with van der Waals surface area (Å²) in [5.74, 6) is 0.0266. The highest BCUT2D eigenvalue weighted by atomic mass is 16.1. The molecule has 0 saturated heterocycles. The molecular formula is C13H15N3O. The summed E-state index contributed by atoms with van der Waals surface area (Å²) in [6.45, 7) is 2.81. The SMILES string of the molecule is CCn1cc(CC(=O)c2ccccc2N)cn1. The maximum Gasteiger partial charge on any atom is 0.169 e. The van der Waals surface area contributed by atoms with Crippen LogP contribution in [0.4, 0.5) is 5.69 Å². The Kier molecular flexibility index (Phi) is 3.23. The maximum absolute atomic E-state index is 12.0. The van der Waals surface area contributed by atoms with Crippen molar-refractivity contribution in [1.82, 2.24) is 9.78 Å². The highest BCUT2D eigenvalue weighted by Crippen LogP contribution is 2.13. The lowest BCUT2D eigenvalue weighted by molar-refractivity contribution is 0.0994. The Morgan fingerprint density at radius 2 is 2.18 bits per heavy atom. The molecule has 0 aliphatic heterocycles. The third-order valence-corrected chi connectivity index (χ3v) is 2.64. The lowest BCUT2D eigenvalue weighted by Crippen LogP contribution is -2.06. The molecule has 2 N–H and O–H groups in total. The minimum atomic E-state index is 0.0266. The number of nitrogens with zero attached hydrogens (tertiary/aromatic N) is 2. The van der Waals surface area contributed by atoms with Crippen LogP contribution in [0.25, 0.3) is 0 Å². The van der Waals surface area contributed by atoms with Crippen molar-refractivity contribution in [2.75, 3.05) is 5.73 Å². The van der Waals surface area contributed by atoms with Gasteiger partial charge in [-0.15, -0.1) is 0 Å². The summed E-state index contributed by atoms with van der Waals surface area (Å²) in [5, 5.41) is 4.14. The van der Waals surface area contributed by atoms with E-state index >= 15 is 0 Å². The van der Waals surface area contributed by atoms with Gasteiger partial charge in [0.05, 0.1) is 6.20 Å². The second-order valence-corrected chi connectivity index (χ2v) is 3.89. The van der Waals surface area contributed by atoms with E-state index in [2.05, 4.69) is 5.10 Å². The van der Waals surface area contributed by atoms with Gasteiger partial charge in [-0.2, -0.15) is 5.10 Å². The summed E-state index contributed by atoms with van der Waals surface area (Å²) in [4.78, 5) is 12.0. The molecule has 17 heavy (non-hydrogen) atoms. The molecule has 0 aliphatic carbocycles. The highest BCUT2D eigenvalue weighted by molar-refractivity contribution is 6.01. The molecule has 0 aliphatic rings. The molecule has 4 heteroatoms. The van der Waals surface area contributed by atoms with E-state index in [1.807, 2.05) is 25.3 Å². The molecule has 1 aromatic heterocycles. The number of hydrogen-bond acceptors (Lipinski definition) is 3. The fourth-order valence-electron chi connectivity index (χ4n) is 1.70. The van der Waals surface area contributed by atoms with Crippen LogP contribution in [0.15, 0.2) is 36.7 Å². The van der Waals surface area contributed by atoms with Crippen LogP contribution in [0.1, 0.15) is 22.8 Å². The van der Waals surface area contributed by atoms with Crippen molar-refractivity contribution in [3.05, 3.63) is 47.8 Å². The second kappa shape index (κ2) is 4.82. The minimum Gasteiger partial charge on any atom is -0.398 e. The minimum absolute atomic E-state index is 0.0266. The van der Waals surface area contributed by atoms with Crippen molar-refractivity contribution in [3.63, 3.8) is 0 Å². The maximum atomic E-state index is 12.0.